The van der Waals surface area contributed by atoms with Gasteiger partial charge in [0.2, 0.25) is 17.6 Å². The summed E-state index contributed by atoms with van der Waals surface area (Å²) in [6, 6.07) is 4.42. The summed E-state index contributed by atoms with van der Waals surface area (Å²) in [5.74, 6) is -2.21. The Bertz CT molecular complexity index is 776. The predicted octanol–water partition coefficient (Wildman–Crippen LogP) is 2.59. The summed E-state index contributed by atoms with van der Waals surface area (Å²) in [5, 5.41) is 0. The SMILES string of the molecule is Cc1ccc(C(=O)COC(=O)[C@H](C)N2C(=O)[C@H]3CCCC[C@H]3C2=O)c(C)c1. The molecule has 0 radical (unpaired) electrons. The van der Waals surface area contributed by atoms with Crippen molar-refractivity contribution in [1.29, 1.82) is 0 Å². The van der Waals surface area contributed by atoms with E-state index in [2.05, 4.69) is 0 Å². The van der Waals surface area contributed by atoms with Gasteiger partial charge in [0.15, 0.2) is 6.61 Å². The number of hydrogen-bond donors (Lipinski definition) is 0. The third kappa shape index (κ3) is 3.66. The summed E-state index contributed by atoms with van der Waals surface area (Å²) < 4.78 is 5.13. The molecule has 1 aromatic carbocycles. The standard InChI is InChI=1S/C21H25NO5/c1-12-8-9-15(13(2)10-12)18(23)11-27-21(26)14(3)22-19(24)16-6-4-5-7-17(16)20(22)25/h8-10,14,16-17H,4-7,11H2,1-3H3/t14-,16-,17+/m0/s1. The lowest BCUT2D eigenvalue weighted by Crippen LogP contribution is -2.44. The van der Waals surface area contributed by atoms with Gasteiger partial charge in [0.05, 0.1) is 11.8 Å². The molecule has 2 amide bonds. The zero-order valence-corrected chi connectivity index (χ0v) is 16.0. The van der Waals surface area contributed by atoms with E-state index >= 15 is 0 Å². The topological polar surface area (TPSA) is 80.8 Å². The summed E-state index contributed by atoms with van der Waals surface area (Å²) in [5.41, 5.74) is 2.36. The molecule has 3 rings (SSSR count). The fourth-order valence-electron chi connectivity index (χ4n) is 4.14. The maximum absolute atomic E-state index is 12.6. The number of rotatable bonds is 5. The number of nitrogens with zero attached hydrogens (tertiary/aromatic N) is 1. The number of esters is 1. The number of ether oxygens (including phenoxy) is 1. The highest BCUT2D eigenvalue weighted by atomic mass is 16.5. The number of ketones is 1. The normalized spacial score (nSPS) is 23.1. The average Bonchev–Trinajstić information content (AvgIpc) is 2.90. The van der Waals surface area contributed by atoms with Crippen molar-refractivity contribution < 1.29 is 23.9 Å². The van der Waals surface area contributed by atoms with E-state index in [1.165, 1.54) is 6.92 Å². The van der Waals surface area contributed by atoms with Crippen LogP contribution in [0.2, 0.25) is 0 Å². The van der Waals surface area contributed by atoms with Crippen LogP contribution in [0.5, 0.6) is 0 Å². The Hall–Kier alpha value is -2.50. The zero-order valence-electron chi connectivity index (χ0n) is 16.0. The molecule has 2 aliphatic rings. The molecule has 2 fully saturated rings. The van der Waals surface area contributed by atoms with Crippen molar-refractivity contribution in [1.82, 2.24) is 4.90 Å². The molecule has 1 saturated heterocycles. The molecule has 1 aliphatic carbocycles. The number of likely N-dealkylation sites (tertiary alicyclic amines) is 1. The van der Waals surface area contributed by atoms with Crippen molar-refractivity contribution in [2.75, 3.05) is 6.61 Å². The molecular weight excluding hydrogens is 346 g/mol. The Morgan fingerprint density at radius 2 is 1.70 bits per heavy atom. The minimum absolute atomic E-state index is 0.283. The van der Waals surface area contributed by atoms with Crippen molar-refractivity contribution >= 4 is 23.6 Å². The minimum atomic E-state index is -1.01. The van der Waals surface area contributed by atoms with E-state index in [1.807, 2.05) is 26.0 Å². The summed E-state index contributed by atoms with van der Waals surface area (Å²) >= 11 is 0. The Morgan fingerprint density at radius 3 is 2.26 bits per heavy atom. The summed E-state index contributed by atoms with van der Waals surface area (Å²) in [6.07, 6.45) is 3.24. The van der Waals surface area contributed by atoms with Gasteiger partial charge in [-0.05, 0) is 39.2 Å². The van der Waals surface area contributed by atoms with E-state index < -0.39 is 18.6 Å². The smallest absolute Gasteiger partial charge is 0.329 e. The number of benzene rings is 1. The van der Waals surface area contributed by atoms with E-state index in [9.17, 15) is 19.2 Å². The molecule has 0 unspecified atom stereocenters. The van der Waals surface area contributed by atoms with E-state index in [4.69, 9.17) is 4.74 Å². The van der Waals surface area contributed by atoms with Crippen molar-refractivity contribution in [2.45, 2.75) is 52.5 Å². The molecule has 6 heteroatoms. The first kappa shape index (κ1) is 19.3. The fraction of sp³-hybridized carbons (Fsp3) is 0.524. The highest BCUT2D eigenvalue weighted by molar-refractivity contribution is 6.08. The van der Waals surface area contributed by atoms with Gasteiger partial charge < -0.3 is 4.74 Å². The number of Topliss-reactive ketones (excluding diaryl/α,β-unsaturated/α-hetero) is 1. The highest BCUT2D eigenvalue weighted by Gasteiger charge is 2.51. The van der Waals surface area contributed by atoms with E-state index in [0.29, 0.717) is 18.4 Å². The van der Waals surface area contributed by atoms with Crippen LogP contribution in [0.1, 0.15) is 54.1 Å². The van der Waals surface area contributed by atoms with Crippen LogP contribution >= 0.6 is 0 Å². The molecule has 1 saturated carbocycles. The molecule has 0 aromatic heterocycles. The molecule has 1 aliphatic heterocycles. The second-order valence-electron chi connectivity index (χ2n) is 7.57. The maximum atomic E-state index is 12.6. The van der Waals surface area contributed by atoms with Gasteiger partial charge in [0.1, 0.15) is 6.04 Å². The summed E-state index contributed by atoms with van der Waals surface area (Å²) in [7, 11) is 0. The number of hydrogen-bond acceptors (Lipinski definition) is 5. The average molecular weight is 371 g/mol. The Balaban J connectivity index is 1.63. The Labute approximate surface area is 158 Å². The molecule has 0 N–H and O–H groups in total. The highest BCUT2D eigenvalue weighted by Crippen LogP contribution is 2.38. The zero-order chi connectivity index (χ0) is 19.7. The molecule has 3 atom stereocenters. The maximum Gasteiger partial charge on any atom is 0.329 e. The quantitative estimate of drug-likeness (QED) is 0.451. The first-order valence-corrected chi connectivity index (χ1v) is 9.45. The number of amides is 2. The molecule has 0 spiro atoms. The molecular formula is C21H25NO5. The van der Waals surface area contributed by atoms with Crippen molar-refractivity contribution in [3.05, 3.63) is 34.9 Å². The van der Waals surface area contributed by atoms with Gasteiger partial charge in [-0.2, -0.15) is 0 Å². The number of carbonyl (C=O) groups excluding carboxylic acids is 4. The largest absolute Gasteiger partial charge is 0.456 e. The second kappa shape index (κ2) is 7.62. The van der Waals surface area contributed by atoms with Crippen LogP contribution in [0, 0.1) is 25.7 Å². The number of aryl methyl sites for hydroxylation is 2. The lowest BCUT2D eigenvalue weighted by molar-refractivity contribution is -0.157. The number of carbonyl (C=O) groups is 4. The van der Waals surface area contributed by atoms with Gasteiger partial charge in [-0.3, -0.25) is 19.3 Å². The van der Waals surface area contributed by atoms with Gasteiger partial charge >= 0.3 is 5.97 Å². The Morgan fingerprint density at radius 1 is 1.11 bits per heavy atom. The minimum Gasteiger partial charge on any atom is -0.456 e. The monoisotopic (exact) mass is 371 g/mol. The van der Waals surface area contributed by atoms with Crippen LogP contribution in [0.4, 0.5) is 0 Å². The molecule has 144 valence electrons. The lowest BCUT2D eigenvalue weighted by Gasteiger charge is -2.21. The van der Waals surface area contributed by atoms with Crippen molar-refractivity contribution in [3.8, 4) is 0 Å². The van der Waals surface area contributed by atoms with Crippen LogP contribution in [-0.2, 0) is 19.1 Å². The van der Waals surface area contributed by atoms with Crippen LogP contribution in [0.15, 0.2) is 18.2 Å². The first-order valence-electron chi connectivity index (χ1n) is 9.45. The van der Waals surface area contributed by atoms with Crippen LogP contribution < -0.4 is 0 Å². The predicted molar refractivity (Wildman–Crippen MR) is 98.0 cm³/mol. The molecule has 1 aromatic rings. The van der Waals surface area contributed by atoms with Gasteiger partial charge in [-0.25, -0.2) is 4.79 Å². The molecule has 6 nitrogen and oxygen atoms in total. The van der Waals surface area contributed by atoms with Gasteiger partial charge in [-0.1, -0.05) is 36.6 Å². The molecule has 27 heavy (non-hydrogen) atoms. The number of fused-ring (bicyclic) bond motifs is 1. The lowest BCUT2D eigenvalue weighted by atomic mass is 9.81. The third-order valence-corrected chi connectivity index (χ3v) is 5.63. The van der Waals surface area contributed by atoms with Gasteiger partial charge in [0.25, 0.3) is 0 Å². The van der Waals surface area contributed by atoms with Crippen molar-refractivity contribution in [3.63, 3.8) is 0 Å². The molecule has 1 heterocycles. The second-order valence-corrected chi connectivity index (χ2v) is 7.57. The van der Waals surface area contributed by atoms with E-state index in [-0.39, 0.29) is 29.4 Å². The summed E-state index contributed by atoms with van der Waals surface area (Å²) in [6.45, 7) is 4.84. The first-order chi connectivity index (χ1) is 12.8. The summed E-state index contributed by atoms with van der Waals surface area (Å²) in [4.78, 5) is 50.9. The van der Waals surface area contributed by atoms with Crippen molar-refractivity contribution in [2.24, 2.45) is 11.8 Å². The van der Waals surface area contributed by atoms with Crippen LogP contribution in [0.25, 0.3) is 0 Å². The van der Waals surface area contributed by atoms with Crippen LogP contribution in [0.3, 0.4) is 0 Å². The van der Waals surface area contributed by atoms with E-state index in [0.717, 1.165) is 28.9 Å². The van der Waals surface area contributed by atoms with Gasteiger partial charge in [-0.15, -0.1) is 0 Å². The fourth-order valence-corrected chi connectivity index (χ4v) is 4.14. The van der Waals surface area contributed by atoms with Crippen LogP contribution in [-0.4, -0.2) is 41.1 Å². The molecule has 0 bridgehead atoms. The Kier molecular flexibility index (Phi) is 5.44. The third-order valence-electron chi connectivity index (χ3n) is 5.63. The number of imide groups is 1. The van der Waals surface area contributed by atoms with Gasteiger partial charge in [0, 0.05) is 5.56 Å². The van der Waals surface area contributed by atoms with E-state index in [1.54, 1.807) is 6.07 Å².